The molecule has 4 aliphatic carbocycles. The maximum Gasteiger partial charge on any atom is 0.100 e. The molecule has 0 radical (unpaired) electrons. The second kappa shape index (κ2) is 11.4. The zero-order valence-electron chi connectivity index (χ0n) is 19.7. The second-order valence-corrected chi connectivity index (χ2v) is 11.6. The van der Waals surface area contributed by atoms with E-state index >= 15 is 0 Å². The highest BCUT2D eigenvalue weighted by Crippen LogP contribution is 2.46. The van der Waals surface area contributed by atoms with Crippen LogP contribution >= 0.6 is 0 Å². The topological polar surface area (TPSA) is 0 Å². The number of hydrogen-bond donors (Lipinski definition) is 0. The van der Waals surface area contributed by atoms with E-state index in [2.05, 4.69) is 18.8 Å². The third kappa shape index (κ3) is 6.26. The van der Waals surface area contributed by atoms with E-state index < -0.39 is 6.17 Å². The first-order valence-corrected chi connectivity index (χ1v) is 13.9. The van der Waals surface area contributed by atoms with Crippen LogP contribution in [0.4, 0.5) is 4.39 Å². The Morgan fingerprint density at radius 1 is 0.533 bits per heavy atom. The van der Waals surface area contributed by atoms with Gasteiger partial charge in [0.25, 0.3) is 0 Å². The van der Waals surface area contributed by atoms with Gasteiger partial charge in [0.15, 0.2) is 0 Å². The quantitative estimate of drug-likeness (QED) is 0.403. The van der Waals surface area contributed by atoms with Crippen LogP contribution in [-0.4, -0.2) is 6.17 Å². The van der Waals surface area contributed by atoms with Crippen LogP contribution in [0.25, 0.3) is 0 Å². The maximum absolute atomic E-state index is 13.3. The van der Waals surface area contributed by atoms with Gasteiger partial charge in [0.05, 0.1) is 0 Å². The van der Waals surface area contributed by atoms with E-state index in [1.807, 2.05) is 0 Å². The normalized spacial score (nSPS) is 42.9. The minimum atomic E-state index is -0.551. The van der Waals surface area contributed by atoms with Crippen LogP contribution in [-0.2, 0) is 0 Å². The third-order valence-corrected chi connectivity index (χ3v) is 9.66. The Morgan fingerprint density at radius 2 is 0.900 bits per heavy atom. The molecule has 170 valence electrons. The van der Waals surface area contributed by atoms with E-state index in [0.29, 0.717) is 11.8 Å². The van der Waals surface area contributed by atoms with Crippen LogP contribution in [0.3, 0.4) is 0 Å². The van der Waals surface area contributed by atoms with Gasteiger partial charge in [0.2, 0.25) is 0 Å². The van der Waals surface area contributed by atoms with Crippen LogP contribution in [0.1, 0.15) is 122 Å². The lowest BCUT2D eigenvalue weighted by Crippen LogP contribution is -2.29. The molecule has 4 fully saturated rings. The average molecular weight is 415 g/mol. The summed E-state index contributed by atoms with van der Waals surface area (Å²) in [5.41, 5.74) is 0. The van der Waals surface area contributed by atoms with Crippen LogP contribution in [0.5, 0.6) is 0 Å². The first-order valence-electron chi connectivity index (χ1n) is 13.9. The predicted molar refractivity (Wildman–Crippen MR) is 126 cm³/mol. The fourth-order valence-electron chi connectivity index (χ4n) is 7.61. The molecule has 0 N–H and O–H groups in total. The van der Waals surface area contributed by atoms with Gasteiger partial charge in [0, 0.05) is 11.8 Å². The lowest BCUT2D eigenvalue weighted by Gasteiger charge is -2.41. The summed E-state index contributed by atoms with van der Waals surface area (Å²) in [4.78, 5) is 0. The predicted octanol–water partition coefficient (Wildman–Crippen LogP) is 8.74. The van der Waals surface area contributed by atoms with E-state index in [0.717, 1.165) is 55.3 Å². The summed E-state index contributed by atoms with van der Waals surface area (Å²) in [7, 11) is 0. The van der Waals surface area contributed by atoms with E-state index in [1.54, 1.807) is 0 Å². The molecule has 0 bridgehead atoms. The fourth-order valence-corrected chi connectivity index (χ4v) is 7.61. The molecule has 0 unspecified atom stereocenters. The van der Waals surface area contributed by atoms with Crippen molar-refractivity contribution in [1.29, 1.82) is 0 Å². The monoisotopic (exact) mass is 414 g/mol. The highest BCUT2D eigenvalue weighted by atomic mass is 19.1. The molecule has 4 saturated carbocycles. The molecule has 0 atom stereocenters. The summed E-state index contributed by atoms with van der Waals surface area (Å²) in [6, 6.07) is 0. The summed E-state index contributed by atoms with van der Waals surface area (Å²) in [5, 5.41) is 0. The molecule has 0 heterocycles. The van der Waals surface area contributed by atoms with Gasteiger partial charge in [0.1, 0.15) is 6.17 Å². The molecule has 0 nitrogen and oxygen atoms in total. The average Bonchev–Trinajstić information content (AvgIpc) is 2.80. The van der Waals surface area contributed by atoms with Gasteiger partial charge in [-0.2, -0.15) is 0 Å². The summed E-state index contributed by atoms with van der Waals surface area (Å²) in [6.45, 7) is 2.35. The summed E-state index contributed by atoms with van der Waals surface area (Å²) in [6.07, 6.45) is 23.5. The zero-order valence-corrected chi connectivity index (χ0v) is 19.7. The Hall–Kier alpha value is -0.510. The van der Waals surface area contributed by atoms with Crippen molar-refractivity contribution in [3.8, 4) is 11.8 Å². The van der Waals surface area contributed by atoms with Crippen molar-refractivity contribution >= 4 is 0 Å². The second-order valence-electron chi connectivity index (χ2n) is 11.6. The van der Waals surface area contributed by atoms with Gasteiger partial charge in [-0.25, -0.2) is 4.39 Å². The van der Waals surface area contributed by atoms with Crippen molar-refractivity contribution in [1.82, 2.24) is 0 Å². The molecule has 1 heteroatoms. The van der Waals surface area contributed by atoms with Gasteiger partial charge in [-0.05, 0) is 119 Å². The molecule has 0 aliphatic heterocycles. The molecule has 0 saturated heterocycles. The van der Waals surface area contributed by atoms with Crippen molar-refractivity contribution < 1.29 is 4.39 Å². The number of rotatable bonds is 4. The molecular weight excluding hydrogens is 367 g/mol. The molecule has 0 amide bonds. The number of halogens is 1. The van der Waals surface area contributed by atoms with Crippen molar-refractivity contribution in [2.45, 2.75) is 129 Å². The number of hydrogen-bond acceptors (Lipinski definition) is 0. The first kappa shape index (κ1) is 22.7. The SMILES string of the molecule is CCCC1CCC(C2CCC(C3CCC(C#CC4CCC(F)CC4)CC3)CC2)CC1. The van der Waals surface area contributed by atoms with Crippen molar-refractivity contribution in [2.75, 3.05) is 0 Å². The summed E-state index contributed by atoms with van der Waals surface area (Å²) < 4.78 is 13.3. The van der Waals surface area contributed by atoms with Crippen molar-refractivity contribution in [3.05, 3.63) is 0 Å². The molecular formula is C29H47F. The van der Waals surface area contributed by atoms with Crippen molar-refractivity contribution in [3.63, 3.8) is 0 Å². The van der Waals surface area contributed by atoms with Crippen LogP contribution in [0.15, 0.2) is 0 Å². The van der Waals surface area contributed by atoms with Crippen molar-refractivity contribution in [2.24, 2.45) is 41.4 Å². The highest BCUT2D eigenvalue weighted by molar-refractivity contribution is 5.09. The molecule has 30 heavy (non-hydrogen) atoms. The van der Waals surface area contributed by atoms with E-state index in [4.69, 9.17) is 0 Å². The first-order chi connectivity index (χ1) is 14.7. The van der Waals surface area contributed by atoms with E-state index in [9.17, 15) is 4.39 Å². The van der Waals surface area contributed by atoms with Gasteiger partial charge < -0.3 is 0 Å². The van der Waals surface area contributed by atoms with Crippen LogP contribution in [0, 0.1) is 53.3 Å². The molecule has 0 aromatic rings. The molecule has 0 aromatic carbocycles. The van der Waals surface area contributed by atoms with Crippen LogP contribution in [0.2, 0.25) is 0 Å². The highest BCUT2D eigenvalue weighted by Gasteiger charge is 2.34. The largest absolute Gasteiger partial charge is 0.247 e. The molecule has 0 spiro atoms. The Bertz CT molecular complexity index is 539. The maximum atomic E-state index is 13.3. The van der Waals surface area contributed by atoms with Gasteiger partial charge in [-0.1, -0.05) is 44.4 Å². The minimum Gasteiger partial charge on any atom is -0.247 e. The third-order valence-electron chi connectivity index (χ3n) is 9.66. The lowest BCUT2D eigenvalue weighted by molar-refractivity contribution is 0.108. The molecule has 4 rings (SSSR count). The Balaban J connectivity index is 1.14. The van der Waals surface area contributed by atoms with Gasteiger partial charge in [-0.15, -0.1) is 0 Å². The zero-order chi connectivity index (χ0) is 20.8. The summed E-state index contributed by atoms with van der Waals surface area (Å²) >= 11 is 0. The standard InChI is InChI=1S/C29H47F/c1-2-3-22-6-12-25(13-7-22)27-16-18-28(19-17-27)26-14-8-23(9-15-26)4-5-24-10-20-29(30)21-11-24/h22-29H,2-3,6-21H2,1H3. The lowest BCUT2D eigenvalue weighted by atomic mass is 9.65. The van der Waals surface area contributed by atoms with E-state index in [1.165, 1.54) is 89.9 Å². The fraction of sp³-hybridized carbons (Fsp3) is 0.931. The number of alkyl halides is 1. The van der Waals surface area contributed by atoms with E-state index in [-0.39, 0.29) is 0 Å². The molecule has 4 aliphatic rings. The summed E-state index contributed by atoms with van der Waals surface area (Å²) in [5.74, 6) is 13.5. The molecule has 0 aromatic heterocycles. The Kier molecular flexibility index (Phi) is 8.60. The Labute approximate surface area is 186 Å². The Morgan fingerprint density at radius 3 is 1.33 bits per heavy atom. The van der Waals surface area contributed by atoms with Gasteiger partial charge in [-0.3, -0.25) is 0 Å². The minimum absolute atomic E-state index is 0.488. The van der Waals surface area contributed by atoms with Gasteiger partial charge >= 0.3 is 0 Å². The smallest absolute Gasteiger partial charge is 0.100 e. The van der Waals surface area contributed by atoms with Crippen LogP contribution < -0.4 is 0 Å².